The van der Waals surface area contributed by atoms with Gasteiger partial charge in [0.05, 0.1) is 17.8 Å². The van der Waals surface area contributed by atoms with E-state index in [1.807, 2.05) is 78.9 Å². The Morgan fingerprint density at radius 1 is 0.914 bits per heavy atom. The molecule has 3 aromatic rings. The van der Waals surface area contributed by atoms with Crippen LogP contribution in [0.3, 0.4) is 0 Å². The average Bonchev–Trinajstić information content (AvgIpc) is 2.83. The number of nitrogens with zero attached hydrogens (tertiary/aromatic N) is 1. The molecule has 5 nitrogen and oxygen atoms in total. The summed E-state index contributed by atoms with van der Waals surface area (Å²) in [5.41, 5.74) is 2.99. The van der Waals surface area contributed by atoms with Crippen LogP contribution in [0.5, 0.6) is 0 Å². The Bertz CT molecular complexity index is 1230. The molecule has 1 N–H and O–H groups in total. The van der Waals surface area contributed by atoms with Crippen LogP contribution in [0.4, 0.5) is 0 Å². The second kappa shape index (κ2) is 11.4. The fraction of sp³-hybridized carbons (Fsp3) is 0.222. The number of carbonyl (C=O) groups is 1. The number of likely N-dealkylation sites (tertiary alicyclic amines) is 1. The zero-order chi connectivity index (χ0) is 24.8. The van der Waals surface area contributed by atoms with E-state index >= 15 is 0 Å². The van der Waals surface area contributed by atoms with Crippen LogP contribution in [0.25, 0.3) is 6.08 Å². The molecule has 182 valence electrons. The lowest BCUT2D eigenvalue weighted by Gasteiger charge is -2.45. The molecule has 4 rings (SSSR count). The van der Waals surface area contributed by atoms with Crippen LogP contribution < -0.4 is 5.32 Å². The molecule has 0 saturated carbocycles. The lowest BCUT2D eigenvalue weighted by atomic mass is 9.93. The number of hydrogen-bond acceptors (Lipinski definition) is 4. The van der Waals surface area contributed by atoms with Gasteiger partial charge < -0.3 is 5.32 Å². The topological polar surface area (TPSA) is 66.5 Å². The Balaban J connectivity index is 1.32. The highest BCUT2D eigenvalue weighted by atomic mass is 35.5. The quantitative estimate of drug-likeness (QED) is 0.406. The number of benzene rings is 3. The number of sulfone groups is 1. The van der Waals surface area contributed by atoms with Crippen molar-refractivity contribution in [1.29, 1.82) is 0 Å². The first-order chi connectivity index (χ1) is 16.8. The number of hydrogen-bond donors (Lipinski definition) is 1. The molecule has 0 bridgehead atoms. The van der Waals surface area contributed by atoms with Gasteiger partial charge in [-0.2, -0.15) is 0 Å². The molecule has 1 aliphatic heterocycles. The van der Waals surface area contributed by atoms with Crippen molar-refractivity contribution >= 4 is 45.0 Å². The fourth-order valence-electron chi connectivity index (χ4n) is 4.07. The monoisotopic (exact) mass is 528 g/mol. The molecule has 1 saturated heterocycles. The van der Waals surface area contributed by atoms with E-state index in [1.54, 1.807) is 6.08 Å². The SMILES string of the molecule is O=C(CCS(=O)(=O)C=Cc1ccccc1)NC1CN(C(c2ccc(Cl)cc2)c2ccc(Cl)cc2)C1. The molecule has 0 aromatic heterocycles. The summed E-state index contributed by atoms with van der Waals surface area (Å²) in [6, 6.07) is 24.6. The van der Waals surface area contributed by atoms with Crippen molar-refractivity contribution < 1.29 is 13.2 Å². The minimum Gasteiger partial charge on any atom is -0.351 e. The zero-order valence-electron chi connectivity index (χ0n) is 19.0. The molecule has 0 unspecified atom stereocenters. The highest BCUT2D eigenvalue weighted by molar-refractivity contribution is 7.94. The number of halogens is 2. The molecule has 0 spiro atoms. The van der Waals surface area contributed by atoms with Crippen molar-refractivity contribution in [2.75, 3.05) is 18.8 Å². The van der Waals surface area contributed by atoms with Gasteiger partial charge in [0, 0.05) is 35.0 Å². The van der Waals surface area contributed by atoms with Crippen molar-refractivity contribution in [2.45, 2.75) is 18.5 Å². The molecule has 0 aliphatic carbocycles. The summed E-state index contributed by atoms with van der Waals surface area (Å²) < 4.78 is 24.6. The zero-order valence-corrected chi connectivity index (χ0v) is 21.3. The molecule has 1 heterocycles. The van der Waals surface area contributed by atoms with Gasteiger partial charge in [0.2, 0.25) is 5.91 Å². The molecular formula is C27H26Cl2N2O3S. The maximum atomic E-state index is 12.4. The van der Waals surface area contributed by atoms with Crippen LogP contribution in [0.2, 0.25) is 10.0 Å². The third kappa shape index (κ3) is 7.18. The first-order valence-corrected chi connectivity index (χ1v) is 13.8. The standard InChI is InChI=1S/C27H26Cl2N2O3S/c28-23-10-6-21(7-11-23)27(22-8-12-24(29)13-9-22)31-18-25(19-31)30-26(32)15-17-35(33,34)16-14-20-4-2-1-3-5-20/h1-14,16,25,27H,15,17-19H2,(H,30,32). The van der Waals surface area contributed by atoms with Crippen LogP contribution in [-0.4, -0.2) is 44.1 Å². The van der Waals surface area contributed by atoms with Crippen LogP contribution in [0.15, 0.2) is 84.3 Å². The van der Waals surface area contributed by atoms with Gasteiger partial charge in [0.15, 0.2) is 9.84 Å². The molecule has 0 radical (unpaired) electrons. The fourth-order valence-corrected chi connectivity index (χ4v) is 5.29. The largest absolute Gasteiger partial charge is 0.351 e. The minimum absolute atomic E-state index is 0.00110. The number of rotatable bonds is 9. The Morgan fingerprint density at radius 2 is 1.46 bits per heavy atom. The predicted molar refractivity (Wildman–Crippen MR) is 142 cm³/mol. The molecule has 0 atom stereocenters. The highest BCUT2D eigenvalue weighted by Crippen LogP contribution is 2.33. The molecule has 1 aliphatic rings. The predicted octanol–water partition coefficient (Wildman–Crippen LogP) is 5.36. The molecule has 35 heavy (non-hydrogen) atoms. The molecule has 1 fully saturated rings. The Kier molecular flexibility index (Phi) is 8.29. The first kappa shape index (κ1) is 25.5. The summed E-state index contributed by atoms with van der Waals surface area (Å²) in [6.07, 6.45) is 1.47. The Hall–Kier alpha value is -2.64. The molecular weight excluding hydrogens is 503 g/mol. The van der Waals surface area contributed by atoms with Gasteiger partial charge in [-0.05, 0) is 47.0 Å². The summed E-state index contributed by atoms with van der Waals surface area (Å²) in [4.78, 5) is 14.7. The third-order valence-electron chi connectivity index (χ3n) is 5.89. The van der Waals surface area contributed by atoms with E-state index in [-0.39, 0.29) is 30.2 Å². The number of nitrogens with one attached hydrogen (secondary N) is 1. The van der Waals surface area contributed by atoms with Crippen molar-refractivity contribution in [3.05, 3.63) is 111 Å². The summed E-state index contributed by atoms with van der Waals surface area (Å²) in [5.74, 6) is -0.489. The molecule has 8 heteroatoms. The maximum absolute atomic E-state index is 12.4. The van der Waals surface area contributed by atoms with E-state index in [9.17, 15) is 13.2 Å². The van der Waals surface area contributed by atoms with Gasteiger partial charge in [0.1, 0.15) is 0 Å². The van der Waals surface area contributed by atoms with Crippen molar-refractivity contribution in [3.63, 3.8) is 0 Å². The lowest BCUT2D eigenvalue weighted by Crippen LogP contribution is -2.60. The van der Waals surface area contributed by atoms with Gasteiger partial charge in [-0.3, -0.25) is 9.69 Å². The third-order valence-corrected chi connectivity index (χ3v) is 7.72. The Labute approximate surface area is 216 Å². The number of amides is 1. The van der Waals surface area contributed by atoms with Crippen molar-refractivity contribution in [2.24, 2.45) is 0 Å². The van der Waals surface area contributed by atoms with Gasteiger partial charge in [0.25, 0.3) is 0 Å². The smallest absolute Gasteiger partial charge is 0.221 e. The molecule has 3 aromatic carbocycles. The van der Waals surface area contributed by atoms with Gasteiger partial charge >= 0.3 is 0 Å². The summed E-state index contributed by atoms with van der Waals surface area (Å²) >= 11 is 12.2. The first-order valence-electron chi connectivity index (χ1n) is 11.3. The van der Waals surface area contributed by atoms with E-state index in [2.05, 4.69) is 10.2 Å². The van der Waals surface area contributed by atoms with E-state index < -0.39 is 9.84 Å². The summed E-state index contributed by atoms with van der Waals surface area (Å²) in [7, 11) is -3.48. The minimum atomic E-state index is -3.48. The second-order valence-corrected chi connectivity index (χ2v) is 11.4. The average molecular weight is 529 g/mol. The summed E-state index contributed by atoms with van der Waals surface area (Å²) in [5, 5.41) is 5.47. The van der Waals surface area contributed by atoms with Crippen LogP contribution in [0.1, 0.15) is 29.2 Å². The Morgan fingerprint density at radius 3 is 2.00 bits per heavy atom. The van der Waals surface area contributed by atoms with E-state index in [4.69, 9.17) is 23.2 Å². The molecule has 1 amide bonds. The lowest BCUT2D eigenvalue weighted by molar-refractivity contribution is -0.122. The number of carbonyl (C=O) groups excluding carboxylic acids is 1. The van der Waals surface area contributed by atoms with Crippen LogP contribution in [0, 0.1) is 0 Å². The van der Waals surface area contributed by atoms with Crippen molar-refractivity contribution in [3.8, 4) is 0 Å². The van der Waals surface area contributed by atoms with E-state index in [0.29, 0.717) is 23.1 Å². The van der Waals surface area contributed by atoms with Crippen molar-refractivity contribution in [1.82, 2.24) is 10.2 Å². The van der Waals surface area contributed by atoms with E-state index in [1.165, 1.54) is 5.41 Å². The maximum Gasteiger partial charge on any atom is 0.221 e. The second-order valence-electron chi connectivity index (χ2n) is 8.55. The van der Waals surface area contributed by atoms with Crippen LogP contribution >= 0.6 is 23.2 Å². The van der Waals surface area contributed by atoms with E-state index in [0.717, 1.165) is 16.7 Å². The highest BCUT2D eigenvalue weighted by Gasteiger charge is 2.34. The van der Waals surface area contributed by atoms with Gasteiger partial charge in [-0.1, -0.05) is 77.8 Å². The summed E-state index contributed by atoms with van der Waals surface area (Å²) in [6.45, 7) is 1.31. The van der Waals surface area contributed by atoms with Gasteiger partial charge in [-0.25, -0.2) is 8.42 Å². The normalized spacial score (nSPS) is 14.8. The van der Waals surface area contributed by atoms with Gasteiger partial charge in [-0.15, -0.1) is 0 Å². The van der Waals surface area contributed by atoms with Crippen LogP contribution in [-0.2, 0) is 14.6 Å².